The van der Waals surface area contributed by atoms with Gasteiger partial charge in [0.2, 0.25) is 11.7 Å². The average Bonchev–Trinajstić information content (AvgIpc) is 2.93. The van der Waals surface area contributed by atoms with Crippen molar-refractivity contribution in [2.24, 2.45) is 0 Å². The van der Waals surface area contributed by atoms with E-state index >= 15 is 0 Å². The number of rotatable bonds is 15. The van der Waals surface area contributed by atoms with Crippen molar-refractivity contribution in [1.82, 2.24) is 0 Å². The first-order chi connectivity index (χ1) is 22.3. The van der Waals surface area contributed by atoms with Crippen LogP contribution in [-0.4, -0.2) is 100 Å². The third-order valence-corrected chi connectivity index (χ3v) is 6.10. The average molecular weight is 876 g/mol. The topological polar surface area (TPSA) is 37.3 Å². The highest BCUT2D eigenvalue weighted by molar-refractivity contribution is 5.77. The first-order valence-electron chi connectivity index (χ1n) is 10.9. The van der Waals surface area contributed by atoms with Crippen LogP contribution in [0, 0.1) is 0 Å². The smallest absolute Gasteiger partial charge is 0.460 e. The summed E-state index contributed by atoms with van der Waals surface area (Å²) in [4.78, 5) is 9.96. The molecule has 53 heavy (non-hydrogen) atoms. The summed E-state index contributed by atoms with van der Waals surface area (Å²) in [6, 6.07) is 0. The lowest BCUT2D eigenvalue weighted by Crippen LogP contribution is -2.74. The molecule has 0 saturated carbocycles. The van der Waals surface area contributed by atoms with Gasteiger partial charge in [-0.1, -0.05) is 0 Å². The molecule has 35 heteroatoms. The standard InChI is InChI=1S/C18HF33O2/c19-1(4(21,22)7(27,28)10(33,34)13(39,40)12(37,38)9(31,32)6(25,26)3(52)53)2(20)5(23,24)8(29,30)11(35,36)14(41,42)15(43,44)16(45,46)17(47,48)18(49,50)51/h(H,52,53)/b2-1-. The molecule has 1 N–H and O–H groups in total. The Morgan fingerprint density at radius 3 is 0.585 bits per heavy atom. The van der Waals surface area contributed by atoms with Gasteiger partial charge in [-0.05, 0) is 0 Å². The Morgan fingerprint density at radius 2 is 0.415 bits per heavy atom. The zero-order valence-corrected chi connectivity index (χ0v) is 22.3. The first kappa shape index (κ1) is 49.9. The number of aliphatic carboxylic acids is 1. The van der Waals surface area contributed by atoms with E-state index in [4.69, 9.17) is 5.11 Å². The molecule has 0 fully saturated rings. The van der Waals surface area contributed by atoms with Gasteiger partial charge in [0, 0.05) is 0 Å². The molecule has 0 aromatic carbocycles. The van der Waals surface area contributed by atoms with E-state index in [-0.39, 0.29) is 0 Å². The zero-order valence-electron chi connectivity index (χ0n) is 22.3. The predicted octanol–water partition coefficient (Wildman–Crippen LogP) is 10.7. The third-order valence-electron chi connectivity index (χ3n) is 6.10. The molecule has 0 amide bonds. The van der Waals surface area contributed by atoms with Crippen molar-refractivity contribution >= 4 is 5.97 Å². The Labute approximate surface area is 263 Å². The van der Waals surface area contributed by atoms with Gasteiger partial charge < -0.3 is 5.11 Å². The number of carbonyl (C=O) groups is 1. The van der Waals surface area contributed by atoms with Crippen LogP contribution in [0.3, 0.4) is 0 Å². The van der Waals surface area contributed by atoms with E-state index in [1.54, 1.807) is 0 Å². The number of allylic oxidation sites excluding steroid dienone is 2. The minimum atomic E-state index is -9.77. The normalized spacial score (nSPS) is 17.2. The van der Waals surface area contributed by atoms with E-state index < -0.39 is 107 Å². The van der Waals surface area contributed by atoms with E-state index in [0.717, 1.165) is 0 Å². The minimum absolute atomic E-state index is 4.77. The quantitative estimate of drug-likeness (QED) is 0.167. The third kappa shape index (κ3) is 5.82. The second-order valence-corrected chi connectivity index (χ2v) is 9.47. The highest BCUT2D eigenvalue weighted by atomic mass is 19.4. The fraction of sp³-hybridized carbons (Fsp3) is 0.833. The molecule has 0 aromatic heterocycles. The fourth-order valence-corrected chi connectivity index (χ4v) is 2.84. The molecule has 0 aliphatic rings. The summed E-state index contributed by atoms with van der Waals surface area (Å²) in [6.45, 7) is 0. The van der Waals surface area contributed by atoms with Crippen LogP contribution < -0.4 is 0 Å². The van der Waals surface area contributed by atoms with Gasteiger partial charge in [-0.15, -0.1) is 0 Å². The number of hydrogen-bond acceptors (Lipinski definition) is 1. The summed E-state index contributed by atoms with van der Waals surface area (Å²) >= 11 is 0. The Balaban J connectivity index is 7.71. The first-order valence-corrected chi connectivity index (χ1v) is 10.9. The van der Waals surface area contributed by atoms with Crippen molar-refractivity contribution in [2.45, 2.75) is 89.1 Å². The van der Waals surface area contributed by atoms with Gasteiger partial charge >= 0.3 is 95.1 Å². The second kappa shape index (κ2) is 12.2. The van der Waals surface area contributed by atoms with Crippen LogP contribution in [0.5, 0.6) is 0 Å². The van der Waals surface area contributed by atoms with E-state index in [0.29, 0.717) is 0 Å². The molecular formula is C18HF33O2. The summed E-state index contributed by atoms with van der Waals surface area (Å²) in [5, 5.41) is 7.68. The molecule has 0 spiro atoms. The lowest BCUT2D eigenvalue weighted by Gasteiger charge is -2.43. The summed E-state index contributed by atoms with van der Waals surface area (Å²) < 4.78 is 439. The Morgan fingerprint density at radius 1 is 0.264 bits per heavy atom. The van der Waals surface area contributed by atoms with Gasteiger partial charge in [0.25, 0.3) is 0 Å². The summed E-state index contributed by atoms with van der Waals surface area (Å²) in [6.07, 6.45) is -8.33. The maximum atomic E-state index is 13.7. The predicted molar refractivity (Wildman–Crippen MR) is 92.2 cm³/mol. The summed E-state index contributed by atoms with van der Waals surface area (Å²) in [5.41, 5.74) is 0. The maximum Gasteiger partial charge on any atom is 0.460 e. The molecule has 0 rings (SSSR count). The Hall–Kier alpha value is -3.10. The Bertz CT molecular complexity index is 1430. The zero-order chi connectivity index (χ0) is 44.2. The van der Waals surface area contributed by atoms with Crippen molar-refractivity contribution in [3.8, 4) is 0 Å². The van der Waals surface area contributed by atoms with E-state index in [1.165, 1.54) is 0 Å². The highest BCUT2D eigenvalue weighted by Crippen LogP contribution is 2.67. The van der Waals surface area contributed by atoms with Crippen LogP contribution in [-0.2, 0) is 4.79 Å². The van der Waals surface area contributed by atoms with E-state index in [1.807, 2.05) is 0 Å². The SMILES string of the molecule is O=C(O)C(F)(F)C(F)(F)C(F)(F)C(F)(F)C(F)(F)C(F)(F)C(F)(F)/C(F)=C(/F)C(F)(F)C(F)(F)C(F)(F)C(F)(F)C(F)(F)C(F)(F)C(F)(F)C(F)(F)F. The van der Waals surface area contributed by atoms with Crippen LogP contribution >= 0.6 is 0 Å². The van der Waals surface area contributed by atoms with Crippen molar-refractivity contribution in [2.75, 3.05) is 0 Å². The molecule has 0 aliphatic carbocycles. The molecular weight excluding hydrogens is 875 g/mol. The largest absolute Gasteiger partial charge is 0.477 e. The van der Waals surface area contributed by atoms with Crippen LogP contribution in [0.15, 0.2) is 11.7 Å². The molecule has 316 valence electrons. The van der Waals surface area contributed by atoms with Gasteiger partial charge in [-0.2, -0.15) is 136 Å². The van der Waals surface area contributed by atoms with Crippen molar-refractivity contribution < 1.29 is 155 Å². The lowest BCUT2D eigenvalue weighted by molar-refractivity contribution is -0.460. The lowest BCUT2D eigenvalue weighted by atomic mass is 9.87. The number of hydrogen-bond donors (Lipinski definition) is 1. The van der Waals surface area contributed by atoms with Crippen LogP contribution in [0.4, 0.5) is 145 Å². The van der Waals surface area contributed by atoms with Gasteiger partial charge in [0.15, 0.2) is 0 Å². The minimum Gasteiger partial charge on any atom is -0.477 e. The van der Waals surface area contributed by atoms with Gasteiger partial charge in [0.05, 0.1) is 0 Å². The van der Waals surface area contributed by atoms with Crippen LogP contribution in [0.25, 0.3) is 0 Å². The summed E-state index contributed by atoms with van der Waals surface area (Å²) in [7, 11) is 0. The number of alkyl halides is 31. The fourth-order valence-electron chi connectivity index (χ4n) is 2.84. The molecule has 0 atom stereocenters. The number of carboxylic acids is 1. The van der Waals surface area contributed by atoms with E-state index in [9.17, 15) is 150 Å². The van der Waals surface area contributed by atoms with Gasteiger partial charge in [-0.3, -0.25) is 0 Å². The Kier molecular flexibility index (Phi) is 11.5. The highest BCUT2D eigenvalue weighted by Gasteiger charge is 2.97. The van der Waals surface area contributed by atoms with E-state index in [2.05, 4.69) is 0 Å². The second-order valence-electron chi connectivity index (χ2n) is 9.47. The molecule has 2 nitrogen and oxygen atoms in total. The number of carboxylic acid groups (broad SMARTS) is 1. The molecule has 0 unspecified atom stereocenters. The molecule has 0 saturated heterocycles. The monoisotopic (exact) mass is 876 g/mol. The van der Waals surface area contributed by atoms with Crippen molar-refractivity contribution in [3.63, 3.8) is 0 Å². The molecule has 0 bridgehead atoms. The molecule has 0 radical (unpaired) electrons. The molecule has 0 aromatic rings. The van der Waals surface area contributed by atoms with Crippen molar-refractivity contribution in [3.05, 3.63) is 11.7 Å². The van der Waals surface area contributed by atoms with Gasteiger partial charge in [0.1, 0.15) is 0 Å². The van der Waals surface area contributed by atoms with Crippen molar-refractivity contribution in [1.29, 1.82) is 0 Å². The van der Waals surface area contributed by atoms with Gasteiger partial charge in [-0.25, -0.2) is 13.6 Å². The maximum absolute atomic E-state index is 13.7. The van der Waals surface area contributed by atoms with Crippen LogP contribution in [0.1, 0.15) is 0 Å². The number of halogens is 33. The molecule has 0 aliphatic heterocycles. The molecule has 0 heterocycles. The summed E-state index contributed by atoms with van der Waals surface area (Å²) in [5.74, 6) is -148. The van der Waals surface area contributed by atoms with Crippen LogP contribution in [0.2, 0.25) is 0 Å².